The summed E-state index contributed by atoms with van der Waals surface area (Å²) in [5.74, 6) is -0.822. The normalized spacial score (nSPS) is 18.8. The fraction of sp³-hybridized carbons (Fsp3) is 0.333. The van der Waals surface area contributed by atoms with Crippen LogP contribution in [-0.2, 0) is 9.53 Å². The molecule has 1 aromatic rings. The van der Waals surface area contributed by atoms with Crippen molar-refractivity contribution in [2.45, 2.75) is 12.5 Å². The predicted molar refractivity (Wildman–Crippen MR) is 73.5 cm³/mol. The molecule has 0 aliphatic carbocycles. The summed E-state index contributed by atoms with van der Waals surface area (Å²) in [5, 5.41) is 9.89. The Bertz CT molecular complexity index is 549. The van der Waals surface area contributed by atoms with Crippen LogP contribution in [0.25, 0.3) is 0 Å². The zero-order valence-corrected chi connectivity index (χ0v) is 12.4. The Balaban J connectivity index is 2.52. The van der Waals surface area contributed by atoms with Gasteiger partial charge >= 0.3 is 5.97 Å². The van der Waals surface area contributed by atoms with Gasteiger partial charge in [-0.15, -0.1) is 0 Å². The van der Waals surface area contributed by atoms with E-state index in [9.17, 15) is 14.7 Å². The first kappa shape index (κ1) is 14.3. The molecule has 7 heteroatoms. The van der Waals surface area contributed by atoms with Gasteiger partial charge in [-0.05, 0) is 28.1 Å². The molecule has 1 saturated heterocycles. The number of esters is 1. The Kier molecular flexibility index (Phi) is 4.13. The molecule has 1 aromatic carbocycles. The molecular formula is C12H11BrClNO4. The fourth-order valence-corrected chi connectivity index (χ4v) is 2.46. The Morgan fingerprint density at radius 3 is 2.79 bits per heavy atom. The first-order valence-electron chi connectivity index (χ1n) is 5.49. The van der Waals surface area contributed by atoms with Crippen LogP contribution < -0.4 is 4.90 Å². The van der Waals surface area contributed by atoms with Crippen LogP contribution in [0.2, 0.25) is 5.02 Å². The van der Waals surface area contributed by atoms with Crippen molar-refractivity contribution < 1.29 is 19.4 Å². The van der Waals surface area contributed by atoms with Gasteiger partial charge in [0.05, 0.1) is 42.5 Å². The van der Waals surface area contributed by atoms with Crippen molar-refractivity contribution in [2.24, 2.45) is 0 Å². The van der Waals surface area contributed by atoms with Gasteiger partial charge in [0.1, 0.15) is 0 Å². The summed E-state index contributed by atoms with van der Waals surface area (Å²) in [6.07, 6.45) is -0.700. The second kappa shape index (κ2) is 5.48. The van der Waals surface area contributed by atoms with E-state index >= 15 is 0 Å². The van der Waals surface area contributed by atoms with Crippen LogP contribution in [0.15, 0.2) is 16.6 Å². The highest BCUT2D eigenvalue weighted by atomic mass is 79.9. The number of benzene rings is 1. The number of hydrogen-bond acceptors (Lipinski definition) is 4. The number of carbonyl (C=O) groups is 2. The molecule has 1 atom stereocenters. The lowest BCUT2D eigenvalue weighted by Gasteiger charge is -2.19. The summed E-state index contributed by atoms with van der Waals surface area (Å²) in [5.41, 5.74) is 0.572. The molecule has 0 bridgehead atoms. The Labute approximate surface area is 123 Å². The molecule has 0 spiro atoms. The zero-order valence-electron chi connectivity index (χ0n) is 10.0. The van der Waals surface area contributed by atoms with Crippen molar-refractivity contribution in [1.29, 1.82) is 0 Å². The van der Waals surface area contributed by atoms with Crippen molar-refractivity contribution in [1.82, 2.24) is 0 Å². The topological polar surface area (TPSA) is 66.8 Å². The summed E-state index contributed by atoms with van der Waals surface area (Å²) >= 11 is 9.22. The van der Waals surface area contributed by atoms with Gasteiger partial charge in [-0.2, -0.15) is 0 Å². The van der Waals surface area contributed by atoms with Crippen LogP contribution in [0.1, 0.15) is 16.8 Å². The Hall–Kier alpha value is -1.11. The molecule has 1 aliphatic rings. The third-order valence-electron chi connectivity index (χ3n) is 2.84. The number of ether oxygens (including phenoxy) is 1. The molecule has 5 nitrogen and oxygen atoms in total. The number of anilines is 1. The second-order valence-corrected chi connectivity index (χ2v) is 5.40. The summed E-state index contributed by atoms with van der Waals surface area (Å²) < 4.78 is 5.22. The standard InChI is InChI=1S/C12H11BrClNO4/c1-19-12(18)7-3-8(13)9(14)4-10(7)15-5-6(16)2-11(15)17/h3-4,6,16H,2,5H2,1H3. The minimum atomic E-state index is -0.736. The van der Waals surface area contributed by atoms with Gasteiger partial charge < -0.3 is 14.7 Å². The lowest BCUT2D eigenvalue weighted by atomic mass is 10.1. The third kappa shape index (κ3) is 2.75. The highest BCUT2D eigenvalue weighted by molar-refractivity contribution is 9.10. The minimum absolute atomic E-state index is 0.0360. The third-order valence-corrected chi connectivity index (χ3v) is 4.04. The fourth-order valence-electron chi connectivity index (χ4n) is 1.95. The summed E-state index contributed by atoms with van der Waals surface area (Å²) in [6, 6.07) is 3.01. The van der Waals surface area contributed by atoms with Crippen molar-refractivity contribution in [3.05, 3.63) is 27.2 Å². The van der Waals surface area contributed by atoms with E-state index in [2.05, 4.69) is 15.9 Å². The zero-order chi connectivity index (χ0) is 14.2. The van der Waals surface area contributed by atoms with Gasteiger partial charge in [0.15, 0.2) is 0 Å². The average Bonchev–Trinajstić information content (AvgIpc) is 2.70. The smallest absolute Gasteiger partial charge is 0.340 e. The highest BCUT2D eigenvalue weighted by Crippen LogP contribution is 2.34. The van der Waals surface area contributed by atoms with Crippen molar-refractivity contribution >= 4 is 45.1 Å². The van der Waals surface area contributed by atoms with E-state index < -0.39 is 12.1 Å². The SMILES string of the molecule is COC(=O)c1cc(Br)c(Cl)cc1N1CC(O)CC1=O. The van der Waals surface area contributed by atoms with Crippen LogP contribution >= 0.6 is 27.5 Å². The number of halogens is 2. The quantitative estimate of drug-likeness (QED) is 0.830. The maximum absolute atomic E-state index is 11.8. The van der Waals surface area contributed by atoms with E-state index in [1.165, 1.54) is 24.1 Å². The monoisotopic (exact) mass is 347 g/mol. The van der Waals surface area contributed by atoms with Gasteiger partial charge in [-0.3, -0.25) is 4.79 Å². The largest absolute Gasteiger partial charge is 0.465 e. The minimum Gasteiger partial charge on any atom is -0.465 e. The molecule has 102 valence electrons. The number of amides is 1. The van der Waals surface area contributed by atoms with Crippen LogP contribution in [0.4, 0.5) is 5.69 Å². The summed E-state index contributed by atoms with van der Waals surface area (Å²) in [7, 11) is 1.26. The van der Waals surface area contributed by atoms with Gasteiger partial charge in [0.25, 0.3) is 0 Å². The number of carbonyl (C=O) groups excluding carboxylic acids is 2. The van der Waals surface area contributed by atoms with Crippen LogP contribution in [0.5, 0.6) is 0 Å². The van der Waals surface area contributed by atoms with Gasteiger partial charge in [-0.25, -0.2) is 4.79 Å². The molecule has 0 radical (unpaired) electrons. The maximum atomic E-state index is 11.8. The molecule has 1 fully saturated rings. The molecule has 19 heavy (non-hydrogen) atoms. The number of β-amino-alcohol motifs (C(OH)–C–C–N with tert-alkyl or cyclic N) is 1. The molecule has 1 amide bonds. The molecule has 1 heterocycles. The molecule has 1 aliphatic heterocycles. The van der Waals surface area contributed by atoms with E-state index in [0.29, 0.717) is 15.2 Å². The van der Waals surface area contributed by atoms with Crippen LogP contribution in [0, 0.1) is 0 Å². The summed E-state index contributed by atoms with van der Waals surface area (Å²) in [6.45, 7) is 0.140. The number of aliphatic hydroxyl groups excluding tert-OH is 1. The van der Waals surface area contributed by atoms with Crippen LogP contribution in [-0.4, -0.2) is 36.7 Å². The van der Waals surface area contributed by atoms with Crippen molar-refractivity contribution in [2.75, 3.05) is 18.6 Å². The number of rotatable bonds is 2. The first-order chi connectivity index (χ1) is 8.93. The average molecular weight is 349 g/mol. The first-order valence-corrected chi connectivity index (χ1v) is 6.67. The Morgan fingerprint density at radius 1 is 1.58 bits per heavy atom. The predicted octanol–water partition coefficient (Wildman–Crippen LogP) is 1.99. The molecule has 2 rings (SSSR count). The van der Waals surface area contributed by atoms with Crippen molar-refractivity contribution in [3.8, 4) is 0 Å². The lowest BCUT2D eigenvalue weighted by Crippen LogP contribution is -2.27. The van der Waals surface area contributed by atoms with E-state index in [1.54, 1.807) is 0 Å². The van der Waals surface area contributed by atoms with E-state index in [1.807, 2.05) is 0 Å². The van der Waals surface area contributed by atoms with E-state index in [-0.39, 0.29) is 24.4 Å². The molecule has 1 N–H and O–H groups in total. The number of methoxy groups -OCH3 is 1. The number of hydrogen-bond donors (Lipinski definition) is 1. The van der Waals surface area contributed by atoms with E-state index in [4.69, 9.17) is 16.3 Å². The number of aliphatic hydroxyl groups is 1. The van der Waals surface area contributed by atoms with Crippen molar-refractivity contribution in [3.63, 3.8) is 0 Å². The highest BCUT2D eigenvalue weighted by Gasteiger charge is 2.32. The molecule has 0 saturated carbocycles. The maximum Gasteiger partial charge on any atom is 0.340 e. The summed E-state index contributed by atoms with van der Waals surface area (Å²) in [4.78, 5) is 24.9. The van der Waals surface area contributed by atoms with Gasteiger partial charge in [0, 0.05) is 4.47 Å². The van der Waals surface area contributed by atoms with Gasteiger partial charge in [-0.1, -0.05) is 11.6 Å². The molecular weight excluding hydrogens is 337 g/mol. The second-order valence-electron chi connectivity index (χ2n) is 4.14. The van der Waals surface area contributed by atoms with Crippen LogP contribution in [0.3, 0.4) is 0 Å². The lowest BCUT2D eigenvalue weighted by molar-refractivity contribution is -0.117. The number of nitrogens with zero attached hydrogens (tertiary/aromatic N) is 1. The van der Waals surface area contributed by atoms with Gasteiger partial charge in [0.2, 0.25) is 5.91 Å². The molecule has 0 aromatic heterocycles. The van der Waals surface area contributed by atoms with E-state index in [0.717, 1.165) is 0 Å². The molecule has 1 unspecified atom stereocenters. The Morgan fingerprint density at radius 2 is 2.26 bits per heavy atom.